The lowest BCUT2D eigenvalue weighted by Gasteiger charge is -2.06. The Morgan fingerprint density at radius 1 is 1.30 bits per heavy atom. The van der Waals surface area contributed by atoms with Crippen LogP contribution in [-0.2, 0) is 0 Å². The molecule has 6 heteroatoms. The maximum absolute atomic E-state index is 12.0. The van der Waals surface area contributed by atoms with Gasteiger partial charge in [0.05, 0.1) is 4.92 Å². The number of nitrogens with zero attached hydrogens (tertiary/aromatic N) is 1. The molecule has 0 spiro atoms. The van der Waals surface area contributed by atoms with Crippen LogP contribution >= 0.6 is 15.9 Å². The van der Waals surface area contributed by atoms with Gasteiger partial charge in [-0.1, -0.05) is 34.8 Å². The van der Waals surface area contributed by atoms with Crippen molar-refractivity contribution >= 4 is 27.5 Å². The fourth-order valence-electron chi connectivity index (χ4n) is 1.86. The van der Waals surface area contributed by atoms with Gasteiger partial charge in [-0.05, 0) is 31.4 Å². The summed E-state index contributed by atoms with van der Waals surface area (Å²) >= 11 is 3.37. The summed E-state index contributed by atoms with van der Waals surface area (Å²) in [6.07, 6.45) is 4.17. The average molecular weight is 343 g/mol. The lowest BCUT2D eigenvalue weighted by atomic mass is 10.1. The van der Waals surface area contributed by atoms with E-state index < -0.39 is 4.92 Å². The van der Waals surface area contributed by atoms with Crippen molar-refractivity contribution in [3.63, 3.8) is 0 Å². The molecule has 1 aromatic rings. The molecule has 0 saturated heterocycles. The molecular formula is C14H19BrN2O3. The van der Waals surface area contributed by atoms with Crippen molar-refractivity contribution < 1.29 is 9.72 Å². The predicted octanol–water partition coefficient (Wildman–Crippen LogP) is 3.59. The van der Waals surface area contributed by atoms with Crippen LogP contribution in [0.2, 0.25) is 0 Å². The van der Waals surface area contributed by atoms with Crippen LogP contribution in [0.25, 0.3) is 0 Å². The van der Waals surface area contributed by atoms with Gasteiger partial charge in [0, 0.05) is 17.9 Å². The molecule has 0 atom stereocenters. The number of rotatable bonds is 8. The first-order valence-electron chi connectivity index (χ1n) is 6.65. The molecule has 1 aromatic carbocycles. The Morgan fingerprint density at radius 2 is 2.00 bits per heavy atom. The van der Waals surface area contributed by atoms with Gasteiger partial charge in [0.2, 0.25) is 0 Å². The molecule has 0 aliphatic rings. The minimum atomic E-state index is -0.523. The molecule has 0 saturated carbocycles. The first-order chi connectivity index (χ1) is 9.56. The van der Waals surface area contributed by atoms with E-state index in [2.05, 4.69) is 21.2 Å². The van der Waals surface area contributed by atoms with Crippen LogP contribution in [0.1, 0.15) is 41.6 Å². The van der Waals surface area contributed by atoms with Gasteiger partial charge in [0.15, 0.2) is 0 Å². The van der Waals surface area contributed by atoms with Gasteiger partial charge in [-0.3, -0.25) is 14.9 Å². The van der Waals surface area contributed by atoms with E-state index in [1.54, 1.807) is 19.1 Å². The Morgan fingerprint density at radius 3 is 2.65 bits per heavy atom. The van der Waals surface area contributed by atoms with E-state index in [0.717, 1.165) is 36.6 Å². The first kappa shape index (κ1) is 16.6. The standard InChI is InChI=1S/C14H19BrN2O3/c1-11-6-7-13(17(19)20)12(10-11)14(18)16-9-5-3-2-4-8-15/h6-7,10H,2-5,8-9H2,1H3,(H,16,18). The fourth-order valence-corrected chi connectivity index (χ4v) is 2.26. The molecule has 0 unspecified atom stereocenters. The summed E-state index contributed by atoms with van der Waals surface area (Å²) in [4.78, 5) is 22.4. The maximum Gasteiger partial charge on any atom is 0.282 e. The summed E-state index contributed by atoms with van der Waals surface area (Å²) in [5.74, 6) is -0.374. The molecule has 20 heavy (non-hydrogen) atoms. The topological polar surface area (TPSA) is 72.2 Å². The highest BCUT2D eigenvalue weighted by atomic mass is 79.9. The van der Waals surface area contributed by atoms with Crippen LogP contribution in [0.4, 0.5) is 5.69 Å². The summed E-state index contributed by atoms with van der Waals surface area (Å²) in [7, 11) is 0. The Kier molecular flexibility index (Phi) is 7.22. The zero-order valence-corrected chi connectivity index (χ0v) is 13.1. The van der Waals surface area contributed by atoms with Gasteiger partial charge >= 0.3 is 0 Å². The molecule has 0 fully saturated rings. The number of carbonyl (C=O) groups excluding carboxylic acids is 1. The van der Waals surface area contributed by atoms with Gasteiger partial charge in [-0.25, -0.2) is 0 Å². The second-order valence-electron chi connectivity index (χ2n) is 4.64. The smallest absolute Gasteiger partial charge is 0.282 e. The molecule has 0 aliphatic carbocycles. The van der Waals surface area contributed by atoms with Gasteiger partial charge in [-0.2, -0.15) is 0 Å². The number of halogens is 1. The molecular weight excluding hydrogens is 324 g/mol. The Bertz CT molecular complexity index is 477. The summed E-state index contributed by atoms with van der Waals surface area (Å²) in [6.45, 7) is 2.35. The van der Waals surface area contributed by atoms with Crippen molar-refractivity contribution in [1.82, 2.24) is 5.32 Å². The number of hydrogen-bond acceptors (Lipinski definition) is 3. The highest BCUT2D eigenvalue weighted by Gasteiger charge is 2.19. The minimum Gasteiger partial charge on any atom is -0.352 e. The van der Waals surface area contributed by atoms with E-state index in [0.29, 0.717) is 6.54 Å². The molecule has 1 N–H and O–H groups in total. The molecule has 0 radical (unpaired) electrons. The second kappa shape index (κ2) is 8.68. The Hall–Kier alpha value is -1.43. The Balaban J connectivity index is 2.54. The highest BCUT2D eigenvalue weighted by Crippen LogP contribution is 2.19. The third-order valence-corrected chi connectivity index (χ3v) is 3.50. The SMILES string of the molecule is Cc1ccc([N+](=O)[O-])c(C(=O)NCCCCCCBr)c1. The normalized spacial score (nSPS) is 10.3. The molecule has 0 bridgehead atoms. The van der Waals surface area contributed by atoms with Gasteiger partial charge in [0.1, 0.15) is 5.56 Å². The van der Waals surface area contributed by atoms with E-state index in [1.807, 2.05) is 0 Å². The number of aryl methyl sites for hydroxylation is 1. The van der Waals surface area contributed by atoms with Crippen molar-refractivity contribution in [3.8, 4) is 0 Å². The second-order valence-corrected chi connectivity index (χ2v) is 5.43. The van der Waals surface area contributed by atoms with Crippen molar-refractivity contribution in [1.29, 1.82) is 0 Å². The van der Waals surface area contributed by atoms with E-state index >= 15 is 0 Å². The summed E-state index contributed by atoms with van der Waals surface area (Å²) < 4.78 is 0. The number of hydrogen-bond donors (Lipinski definition) is 1. The number of carbonyl (C=O) groups is 1. The van der Waals surface area contributed by atoms with Crippen molar-refractivity contribution in [2.24, 2.45) is 0 Å². The summed E-state index contributed by atoms with van der Waals surface area (Å²) in [6, 6.07) is 4.56. The van der Waals surface area contributed by atoms with Crippen molar-refractivity contribution in [2.45, 2.75) is 32.6 Å². The van der Waals surface area contributed by atoms with E-state index in [1.165, 1.54) is 6.07 Å². The molecule has 0 aromatic heterocycles. The predicted molar refractivity (Wildman–Crippen MR) is 82.4 cm³/mol. The first-order valence-corrected chi connectivity index (χ1v) is 7.77. The molecule has 1 rings (SSSR count). The lowest BCUT2D eigenvalue weighted by Crippen LogP contribution is -2.25. The quantitative estimate of drug-likeness (QED) is 0.339. The largest absolute Gasteiger partial charge is 0.352 e. The van der Waals surface area contributed by atoms with E-state index in [-0.39, 0.29) is 17.2 Å². The molecule has 0 heterocycles. The minimum absolute atomic E-state index is 0.135. The molecule has 110 valence electrons. The zero-order chi connectivity index (χ0) is 15.0. The molecule has 1 amide bonds. The van der Waals surface area contributed by atoms with Crippen LogP contribution in [0.3, 0.4) is 0 Å². The van der Waals surface area contributed by atoms with Crippen LogP contribution in [0, 0.1) is 17.0 Å². The highest BCUT2D eigenvalue weighted by molar-refractivity contribution is 9.09. The van der Waals surface area contributed by atoms with Crippen LogP contribution < -0.4 is 5.32 Å². The number of unbranched alkanes of at least 4 members (excludes halogenated alkanes) is 3. The van der Waals surface area contributed by atoms with Gasteiger partial charge in [0.25, 0.3) is 11.6 Å². The number of nitrogens with one attached hydrogen (secondary N) is 1. The van der Waals surface area contributed by atoms with Crippen LogP contribution in [-0.4, -0.2) is 22.7 Å². The monoisotopic (exact) mass is 342 g/mol. The van der Waals surface area contributed by atoms with Gasteiger partial charge < -0.3 is 5.32 Å². The van der Waals surface area contributed by atoms with Crippen molar-refractivity contribution in [3.05, 3.63) is 39.4 Å². The molecule has 0 aliphatic heterocycles. The van der Waals surface area contributed by atoms with E-state index in [9.17, 15) is 14.9 Å². The number of benzene rings is 1. The van der Waals surface area contributed by atoms with Crippen LogP contribution in [0.15, 0.2) is 18.2 Å². The van der Waals surface area contributed by atoms with Gasteiger partial charge in [-0.15, -0.1) is 0 Å². The van der Waals surface area contributed by atoms with Crippen molar-refractivity contribution in [2.75, 3.05) is 11.9 Å². The number of nitro groups is 1. The maximum atomic E-state index is 12.0. The average Bonchev–Trinajstić information content (AvgIpc) is 2.42. The summed E-state index contributed by atoms with van der Waals surface area (Å²) in [5.41, 5.74) is 0.820. The third kappa shape index (κ3) is 5.28. The molecule has 5 nitrogen and oxygen atoms in total. The number of alkyl halides is 1. The lowest BCUT2D eigenvalue weighted by molar-refractivity contribution is -0.385. The van der Waals surface area contributed by atoms with E-state index in [4.69, 9.17) is 0 Å². The number of nitro benzene ring substituents is 1. The zero-order valence-electron chi connectivity index (χ0n) is 11.5. The summed E-state index contributed by atoms with van der Waals surface area (Å²) in [5, 5.41) is 14.6. The van der Waals surface area contributed by atoms with Crippen LogP contribution in [0.5, 0.6) is 0 Å². The third-order valence-electron chi connectivity index (χ3n) is 2.94. The Labute approximate surface area is 127 Å². The number of amides is 1. The fraction of sp³-hybridized carbons (Fsp3) is 0.500.